The second kappa shape index (κ2) is 7.13. The van der Waals surface area contributed by atoms with Crippen molar-refractivity contribution in [2.45, 2.75) is 19.1 Å². The van der Waals surface area contributed by atoms with Gasteiger partial charge in [0.25, 0.3) is 0 Å². The number of halogens is 3. The highest BCUT2D eigenvalue weighted by Crippen LogP contribution is 2.30. The molecule has 1 amide bonds. The van der Waals surface area contributed by atoms with E-state index in [1.807, 2.05) is 30.3 Å². The maximum atomic E-state index is 12.7. The minimum atomic E-state index is -4.47. The lowest BCUT2D eigenvalue weighted by atomic mass is 10.1. The number of nitrogens with zero attached hydrogens (tertiary/aromatic N) is 1. The first kappa shape index (κ1) is 16.8. The van der Waals surface area contributed by atoms with E-state index < -0.39 is 11.7 Å². The number of benzene rings is 1. The fourth-order valence-corrected chi connectivity index (χ4v) is 2.06. The summed E-state index contributed by atoms with van der Waals surface area (Å²) in [7, 11) is 1.56. The zero-order valence-electron chi connectivity index (χ0n) is 12.4. The summed E-state index contributed by atoms with van der Waals surface area (Å²) in [6, 6.07) is 10.1. The Morgan fingerprint density at radius 1 is 1.22 bits per heavy atom. The van der Waals surface area contributed by atoms with Gasteiger partial charge in [0.2, 0.25) is 5.91 Å². The number of aromatic nitrogens is 1. The molecule has 0 radical (unpaired) electrons. The molecule has 0 aliphatic carbocycles. The first-order valence-corrected chi connectivity index (χ1v) is 6.94. The summed E-state index contributed by atoms with van der Waals surface area (Å²) in [6.07, 6.45) is -3.54. The van der Waals surface area contributed by atoms with E-state index in [4.69, 9.17) is 0 Å². The van der Waals surface area contributed by atoms with Crippen LogP contribution in [-0.4, -0.2) is 17.9 Å². The van der Waals surface area contributed by atoms with Gasteiger partial charge in [0.15, 0.2) is 0 Å². The number of alkyl halides is 3. The topological polar surface area (TPSA) is 54.0 Å². The molecule has 0 atom stereocenters. The molecule has 1 aromatic heterocycles. The van der Waals surface area contributed by atoms with Crippen LogP contribution in [0, 0.1) is 0 Å². The van der Waals surface area contributed by atoms with E-state index in [-0.39, 0.29) is 24.4 Å². The highest BCUT2D eigenvalue weighted by molar-refractivity contribution is 5.78. The van der Waals surface area contributed by atoms with Crippen molar-refractivity contribution in [2.24, 2.45) is 0 Å². The molecule has 2 rings (SSSR count). The van der Waals surface area contributed by atoms with Crippen molar-refractivity contribution in [1.82, 2.24) is 10.3 Å². The monoisotopic (exact) mass is 323 g/mol. The van der Waals surface area contributed by atoms with E-state index in [2.05, 4.69) is 15.6 Å². The molecular weight excluding hydrogens is 307 g/mol. The molecule has 0 saturated heterocycles. The Bertz CT molecular complexity index is 672. The Kier molecular flexibility index (Phi) is 5.20. The first-order valence-electron chi connectivity index (χ1n) is 6.94. The van der Waals surface area contributed by atoms with Crippen molar-refractivity contribution in [3.05, 3.63) is 59.3 Å². The Balaban J connectivity index is 2.05. The summed E-state index contributed by atoms with van der Waals surface area (Å²) < 4.78 is 38.2. The summed E-state index contributed by atoms with van der Waals surface area (Å²) in [4.78, 5) is 15.6. The number of anilines is 1. The van der Waals surface area contributed by atoms with Gasteiger partial charge in [-0.2, -0.15) is 13.2 Å². The lowest BCUT2D eigenvalue weighted by Gasteiger charge is -2.13. The number of amides is 1. The Hall–Kier alpha value is -2.57. The second-order valence-electron chi connectivity index (χ2n) is 4.92. The lowest BCUT2D eigenvalue weighted by molar-refractivity contribution is -0.137. The van der Waals surface area contributed by atoms with Crippen LogP contribution in [0.5, 0.6) is 0 Å². The van der Waals surface area contributed by atoms with Gasteiger partial charge in [-0.3, -0.25) is 4.79 Å². The van der Waals surface area contributed by atoms with Crippen LogP contribution in [-0.2, 0) is 23.9 Å². The fourth-order valence-electron chi connectivity index (χ4n) is 2.06. The van der Waals surface area contributed by atoms with Gasteiger partial charge in [-0.25, -0.2) is 4.98 Å². The predicted octanol–water partition coefficient (Wildman–Crippen LogP) is 3.00. The molecule has 2 N–H and O–H groups in total. The molecule has 2 aromatic rings. The van der Waals surface area contributed by atoms with Crippen molar-refractivity contribution in [3.63, 3.8) is 0 Å². The van der Waals surface area contributed by atoms with Crippen molar-refractivity contribution in [3.8, 4) is 0 Å². The van der Waals surface area contributed by atoms with Gasteiger partial charge < -0.3 is 10.6 Å². The van der Waals surface area contributed by atoms with E-state index in [0.29, 0.717) is 5.82 Å². The number of pyridine rings is 1. The minimum absolute atomic E-state index is 0.0290. The Labute approximate surface area is 131 Å². The largest absolute Gasteiger partial charge is 0.417 e. The Morgan fingerprint density at radius 3 is 2.52 bits per heavy atom. The number of rotatable bonds is 5. The fraction of sp³-hybridized carbons (Fsp3) is 0.250. The SMILES string of the molecule is CNc1ncc(C(F)(F)F)cc1CNC(=O)Cc1ccccc1. The van der Waals surface area contributed by atoms with Crippen molar-refractivity contribution >= 4 is 11.7 Å². The van der Waals surface area contributed by atoms with Gasteiger partial charge in [0, 0.05) is 25.4 Å². The molecule has 0 fully saturated rings. The molecule has 0 saturated carbocycles. The third-order valence-corrected chi connectivity index (χ3v) is 3.21. The number of carbonyl (C=O) groups excluding carboxylic acids is 1. The standard InChI is InChI=1S/C16H16F3N3O/c1-20-15-12(8-13(10-22-15)16(17,18)19)9-21-14(23)7-11-5-3-2-4-6-11/h2-6,8,10H,7,9H2,1H3,(H,20,22)(H,21,23). The van der Waals surface area contributed by atoms with Gasteiger partial charge in [-0.15, -0.1) is 0 Å². The second-order valence-corrected chi connectivity index (χ2v) is 4.92. The summed E-state index contributed by atoms with van der Waals surface area (Å²) in [5.74, 6) is 0.0358. The zero-order chi connectivity index (χ0) is 16.9. The summed E-state index contributed by atoms with van der Waals surface area (Å²) >= 11 is 0. The first-order chi connectivity index (χ1) is 10.9. The van der Waals surface area contributed by atoms with Crippen molar-refractivity contribution in [2.75, 3.05) is 12.4 Å². The highest BCUT2D eigenvalue weighted by Gasteiger charge is 2.31. The van der Waals surface area contributed by atoms with Gasteiger partial charge in [0.05, 0.1) is 12.0 Å². The van der Waals surface area contributed by atoms with E-state index in [1.165, 1.54) is 0 Å². The predicted molar refractivity (Wildman–Crippen MR) is 80.8 cm³/mol. The van der Waals surface area contributed by atoms with Gasteiger partial charge in [0.1, 0.15) is 5.82 Å². The number of hydrogen-bond donors (Lipinski definition) is 2. The van der Waals surface area contributed by atoms with E-state index in [1.54, 1.807) is 7.05 Å². The van der Waals surface area contributed by atoms with Crippen LogP contribution in [0.25, 0.3) is 0 Å². The Morgan fingerprint density at radius 2 is 1.91 bits per heavy atom. The number of carbonyl (C=O) groups is 1. The molecule has 0 aliphatic heterocycles. The highest BCUT2D eigenvalue weighted by atomic mass is 19.4. The van der Waals surface area contributed by atoms with Crippen LogP contribution in [0.1, 0.15) is 16.7 Å². The molecule has 0 unspecified atom stereocenters. The van der Waals surface area contributed by atoms with Gasteiger partial charge in [-0.1, -0.05) is 30.3 Å². The molecule has 4 nitrogen and oxygen atoms in total. The lowest BCUT2D eigenvalue weighted by Crippen LogP contribution is -2.25. The van der Waals surface area contributed by atoms with Crippen molar-refractivity contribution < 1.29 is 18.0 Å². The summed E-state index contributed by atoms with van der Waals surface area (Å²) in [5, 5.41) is 5.33. The normalized spacial score (nSPS) is 11.1. The smallest absolute Gasteiger partial charge is 0.373 e. The molecular formula is C16H16F3N3O. The van der Waals surface area contributed by atoms with Crippen LogP contribution in [0.2, 0.25) is 0 Å². The van der Waals surface area contributed by atoms with Crippen LogP contribution < -0.4 is 10.6 Å². The average molecular weight is 323 g/mol. The number of hydrogen-bond acceptors (Lipinski definition) is 3. The quantitative estimate of drug-likeness (QED) is 0.889. The summed E-state index contributed by atoms with van der Waals surface area (Å²) in [5.41, 5.74) is 0.272. The maximum absolute atomic E-state index is 12.7. The van der Waals surface area contributed by atoms with Crippen LogP contribution in [0.3, 0.4) is 0 Å². The minimum Gasteiger partial charge on any atom is -0.373 e. The van der Waals surface area contributed by atoms with Crippen molar-refractivity contribution in [1.29, 1.82) is 0 Å². The third kappa shape index (κ3) is 4.70. The molecule has 7 heteroatoms. The molecule has 0 spiro atoms. The maximum Gasteiger partial charge on any atom is 0.417 e. The van der Waals surface area contributed by atoms with Crippen LogP contribution in [0.15, 0.2) is 42.6 Å². The molecule has 1 aromatic carbocycles. The third-order valence-electron chi connectivity index (χ3n) is 3.21. The van der Waals surface area contributed by atoms with Gasteiger partial charge >= 0.3 is 6.18 Å². The van der Waals surface area contributed by atoms with E-state index >= 15 is 0 Å². The molecule has 0 bridgehead atoms. The molecule has 122 valence electrons. The van der Waals surface area contributed by atoms with E-state index in [0.717, 1.165) is 17.8 Å². The average Bonchev–Trinajstić information content (AvgIpc) is 2.52. The molecule has 0 aliphatic rings. The zero-order valence-corrected chi connectivity index (χ0v) is 12.4. The number of nitrogens with one attached hydrogen (secondary N) is 2. The van der Waals surface area contributed by atoms with E-state index in [9.17, 15) is 18.0 Å². The van der Waals surface area contributed by atoms with Gasteiger partial charge in [-0.05, 0) is 11.6 Å². The van der Waals surface area contributed by atoms with Crippen LogP contribution >= 0.6 is 0 Å². The molecule has 1 heterocycles. The summed E-state index contributed by atoms with van der Waals surface area (Å²) in [6.45, 7) is -0.0290. The van der Waals surface area contributed by atoms with Crippen LogP contribution in [0.4, 0.5) is 19.0 Å². The molecule has 23 heavy (non-hydrogen) atoms.